The fraction of sp³-hybridized carbons (Fsp3) is 0.385. The van der Waals surface area contributed by atoms with Crippen LogP contribution in [-0.4, -0.2) is 70.9 Å². The zero-order valence-electron chi connectivity index (χ0n) is 19.7. The number of nitrogens with zero attached hydrogens (tertiary/aromatic N) is 5. The molecule has 1 aromatic carbocycles. The van der Waals surface area contributed by atoms with Crippen LogP contribution in [0.1, 0.15) is 28.2 Å². The Morgan fingerprint density at radius 1 is 1.03 bits per heavy atom. The quantitative estimate of drug-likeness (QED) is 0.552. The normalized spacial score (nSPS) is 18.6. The Hall–Kier alpha value is -3.33. The molecule has 0 aliphatic carbocycles. The van der Waals surface area contributed by atoms with E-state index in [1.807, 2.05) is 34.9 Å². The van der Waals surface area contributed by atoms with Crippen molar-refractivity contribution in [2.24, 2.45) is 5.92 Å². The topological polar surface area (TPSA) is 69.6 Å². The van der Waals surface area contributed by atoms with E-state index in [1.54, 1.807) is 29.4 Å². The Morgan fingerprint density at radius 3 is 2.57 bits per heavy atom. The van der Waals surface area contributed by atoms with Gasteiger partial charge in [0.15, 0.2) is 0 Å². The molecule has 5 rings (SSSR count). The van der Waals surface area contributed by atoms with Crippen molar-refractivity contribution in [3.05, 3.63) is 65.2 Å². The molecule has 7 nitrogen and oxygen atoms in total. The summed E-state index contributed by atoms with van der Waals surface area (Å²) < 4.78 is 14.1. The molecule has 4 heterocycles. The van der Waals surface area contributed by atoms with Gasteiger partial charge in [-0.1, -0.05) is 12.1 Å². The fourth-order valence-corrected chi connectivity index (χ4v) is 5.87. The number of halogens is 1. The van der Waals surface area contributed by atoms with Crippen LogP contribution in [0, 0.1) is 18.7 Å². The minimum atomic E-state index is -0.237. The second kappa shape index (κ2) is 10.1. The van der Waals surface area contributed by atoms with Gasteiger partial charge in [-0.05, 0) is 44.0 Å². The number of carbonyl (C=O) groups excluding carboxylic acids is 2. The summed E-state index contributed by atoms with van der Waals surface area (Å²) in [5, 5.41) is 0.774. The zero-order valence-corrected chi connectivity index (χ0v) is 20.5. The number of piperidine rings is 1. The first-order valence-corrected chi connectivity index (χ1v) is 12.8. The Balaban J connectivity index is 1.22. The van der Waals surface area contributed by atoms with E-state index >= 15 is 0 Å². The van der Waals surface area contributed by atoms with E-state index in [4.69, 9.17) is 0 Å². The van der Waals surface area contributed by atoms with Crippen LogP contribution in [0.5, 0.6) is 0 Å². The van der Waals surface area contributed by atoms with Crippen LogP contribution in [0.15, 0.2) is 48.8 Å². The highest BCUT2D eigenvalue weighted by atomic mass is 32.1. The van der Waals surface area contributed by atoms with Crippen molar-refractivity contribution in [3.8, 4) is 10.6 Å². The van der Waals surface area contributed by atoms with Gasteiger partial charge < -0.3 is 14.7 Å². The second-order valence-electron chi connectivity index (χ2n) is 9.03. The largest absolute Gasteiger partial charge is 0.366 e. The summed E-state index contributed by atoms with van der Waals surface area (Å²) >= 11 is 1.38. The molecular formula is C26H28FN5O2S. The number of thiazole rings is 1. The van der Waals surface area contributed by atoms with Crippen LogP contribution in [0.3, 0.4) is 0 Å². The number of aryl methyl sites for hydroxylation is 1. The SMILES string of the molecule is Cc1nc(-c2cccnc2)sc1C(=O)N1CCCC(C(=O)N2CCN(c3ccccc3F)CC2)C1. The lowest BCUT2D eigenvalue weighted by atomic mass is 9.96. The number of anilines is 1. The minimum absolute atomic E-state index is 0.0583. The molecule has 2 aromatic heterocycles. The first kappa shape index (κ1) is 23.4. The third kappa shape index (κ3) is 4.91. The number of para-hydroxylation sites is 1. The molecule has 0 N–H and O–H groups in total. The van der Waals surface area contributed by atoms with Crippen LogP contribution in [0.4, 0.5) is 10.1 Å². The second-order valence-corrected chi connectivity index (χ2v) is 10.0. The summed E-state index contributed by atoms with van der Waals surface area (Å²) in [5.41, 5.74) is 2.18. The van der Waals surface area contributed by atoms with E-state index in [1.165, 1.54) is 17.4 Å². The molecule has 0 spiro atoms. The van der Waals surface area contributed by atoms with Crippen LogP contribution in [-0.2, 0) is 4.79 Å². The standard InChI is InChI=1S/C26H28FN5O2S/c1-18-23(35-24(29-18)19-6-4-10-28-16-19)26(34)32-11-5-7-20(17-32)25(33)31-14-12-30(13-15-31)22-9-3-2-8-21(22)27/h2-4,6,8-10,16,20H,5,7,11-15,17H2,1H3. The molecule has 2 aliphatic heterocycles. The molecule has 35 heavy (non-hydrogen) atoms. The van der Waals surface area contributed by atoms with Gasteiger partial charge in [0.05, 0.1) is 17.3 Å². The smallest absolute Gasteiger partial charge is 0.265 e. The first-order valence-electron chi connectivity index (χ1n) is 12.0. The molecule has 0 saturated carbocycles. The maximum atomic E-state index is 14.1. The van der Waals surface area contributed by atoms with Crippen molar-refractivity contribution in [2.75, 3.05) is 44.2 Å². The van der Waals surface area contributed by atoms with E-state index in [0.29, 0.717) is 55.5 Å². The number of pyridine rings is 1. The van der Waals surface area contributed by atoms with Crippen molar-refractivity contribution in [3.63, 3.8) is 0 Å². The van der Waals surface area contributed by atoms with Crippen molar-refractivity contribution >= 4 is 28.8 Å². The fourth-order valence-electron chi connectivity index (χ4n) is 4.85. The van der Waals surface area contributed by atoms with E-state index in [-0.39, 0.29) is 23.5 Å². The minimum Gasteiger partial charge on any atom is -0.366 e. The van der Waals surface area contributed by atoms with Gasteiger partial charge in [-0.2, -0.15) is 0 Å². The lowest BCUT2D eigenvalue weighted by molar-refractivity contribution is -0.137. The summed E-state index contributed by atoms with van der Waals surface area (Å²) in [6, 6.07) is 10.5. The van der Waals surface area contributed by atoms with Crippen LogP contribution < -0.4 is 4.90 Å². The van der Waals surface area contributed by atoms with E-state index in [2.05, 4.69) is 9.97 Å². The lowest BCUT2D eigenvalue weighted by Gasteiger charge is -2.39. The summed E-state index contributed by atoms with van der Waals surface area (Å²) in [6.45, 7) is 5.22. The van der Waals surface area contributed by atoms with E-state index < -0.39 is 0 Å². The summed E-state index contributed by atoms with van der Waals surface area (Å²) in [6.07, 6.45) is 5.03. The van der Waals surface area contributed by atoms with Crippen molar-refractivity contribution in [1.82, 2.24) is 19.8 Å². The number of hydrogen-bond donors (Lipinski definition) is 0. The van der Waals surface area contributed by atoms with Crippen molar-refractivity contribution < 1.29 is 14.0 Å². The number of rotatable bonds is 4. The zero-order chi connectivity index (χ0) is 24.4. The van der Waals surface area contributed by atoms with Gasteiger partial charge in [0, 0.05) is 57.2 Å². The molecule has 1 atom stereocenters. The number of piperazine rings is 1. The van der Waals surface area contributed by atoms with Crippen molar-refractivity contribution in [1.29, 1.82) is 0 Å². The van der Waals surface area contributed by atoms with Crippen LogP contribution >= 0.6 is 11.3 Å². The monoisotopic (exact) mass is 493 g/mol. The van der Waals surface area contributed by atoms with Gasteiger partial charge >= 0.3 is 0 Å². The number of carbonyl (C=O) groups is 2. The Morgan fingerprint density at radius 2 is 1.83 bits per heavy atom. The predicted octanol–water partition coefficient (Wildman–Crippen LogP) is 3.85. The predicted molar refractivity (Wildman–Crippen MR) is 134 cm³/mol. The molecule has 1 unspecified atom stereocenters. The first-order chi connectivity index (χ1) is 17.0. The van der Waals surface area contributed by atoms with E-state index in [9.17, 15) is 14.0 Å². The third-order valence-corrected chi connectivity index (χ3v) is 7.94. The van der Waals surface area contributed by atoms with Gasteiger partial charge in [0.2, 0.25) is 5.91 Å². The van der Waals surface area contributed by atoms with Gasteiger partial charge in [0.1, 0.15) is 15.7 Å². The Bertz CT molecular complexity index is 1210. The maximum Gasteiger partial charge on any atom is 0.265 e. The molecule has 2 aliphatic rings. The van der Waals surface area contributed by atoms with E-state index in [0.717, 1.165) is 23.4 Å². The number of benzene rings is 1. The number of hydrogen-bond acceptors (Lipinski definition) is 6. The van der Waals surface area contributed by atoms with Gasteiger partial charge in [0.25, 0.3) is 5.91 Å². The molecular weight excluding hydrogens is 465 g/mol. The van der Waals surface area contributed by atoms with Crippen LogP contribution in [0.2, 0.25) is 0 Å². The number of amides is 2. The highest BCUT2D eigenvalue weighted by molar-refractivity contribution is 7.17. The van der Waals surface area contributed by atoms with Gasteiger partial charge in [-0.25, -0.2) is 9.37 Å². The van der Waals surface area contributed by atoms with Crippen molar-refractivity contribution in [2.45, 2.75) is 19.8 Å². The van der Waals surface area contributed by atoms with Crippen LogP contribution in [0.25, 0.3) is 10.6 Å². The maximum absolute atomic E-state index is 14.1. The molecule has 182 valence electrons. The molecule has 3 aromatic rings. The molecule has 2 amide bonds. The molecule has 9 heteroatoms. The molecule has 0 bridgehead atoms. The molecule has 2 fully saturated rings. The highest BCUT2D eigenvalue weighted by Gasteiger charge is 2.34. The molecule has 0 radical (unpaired) electrons. The van der Waals surface area contributed by atoms with Gasteiger partial charge in [-0.15, -0.1) is 11.3 Å². The average molecular weight is 494 g/mol. The summed E-state index contributed by atoms with van der Waals surface area (Å²) in [7, 11) is 0. The highest BCUT2D eigenvalue weighted by Crippen LogP contribution is 2.30. The lowest BCUT2D eigenvalue weighted by Crippen LogP contribution is -2.53. The summed E-state index contributed by atoms with van der Waals surface area (Å²) in [4.78, 5) is 41.7. The third-order valence-electron chi connectivity index (χ3n) is 6.74. The summed E-state index contributed by atoms with van der Waals surface area (Å²) in [5.74, 6) is -0.415. The average Bonchev–Trinajstić information content (AvgIpc) is 3.30. The number of likely N-dealkylation sites (tertiary alicyclic amines) is 1. The number of aromatic nitrogens is 2. The Kier molecular flexibility index (Phi) is 6.77. The van der Waals surface area contributed by atoms with Gasteiger partial charge in [-0.3, -0.25) is 14.6 Å². The molecule has 2 saturated heterocycles. The Labute approximate surface area is 208 Å².